The summed E-state index contributed by atoms with van der Waals surface area (Å²) < 4.78 is 2.59. The number of hydrogen-bond donors (Lipinski definition) is 0. The molecule has 0 amide bonds. The molecule has 254 valence electrons. The second kappa shape index (κ2) is 13.7. The van der Waals surface area contributed by atoms with Crippen LogP contribution in [0.25, 0.3) is 75.5 Å². The van der Waals surface area contributed by atoms with E-state index >= 15 is 0 Å². The van der Waals surface area contributed by atoms with Gasteiger partial charge in [-0.2, -0.15) is 0 Å². The third kappa shape index (κ3) is 5.84. The Morgan fingerprint density at radius 1 is 0.315 bits per heavy atom. The van der Waals surface area contributed by atoms with Crippen LogP contribution in [0.2, 0.25) is 0 Å². The monoisotopic (exact) mass is 705 g/mol. The Labute approximate surface area is 319 Å². The van der Waals surface area contributed by atoms with Gasteiger partial charge in [-0.3, -0.25) is 0 Å². The van der Waals surface area contributed by atoms with E-state index in [2.05, 4.69) is 217 Å². The highest BCUT2D eigenvalue weighted by atomic mass is 32.1. The van der Waals surface area contributed by atoms with Gasteiger partial charge < -0.3 is 4.90 Å². The van der Waals surface area contributed by atoms with Crippen LogP contribution in [0.5, 0.6) is 0 Å². The van der Waals surface area contributed by atoms with E-state index in [1.54, 1.807) is 0 Å². The molecular weight excluding hydrogens is 671 g/mol. The lowest BCUT2D eigenvalue weighted by Gasteiger charge is -2.26. The van der Waals surface area contributed by atoms with Crippen molar-refractivity contribution in [2.45, 2.75) is 0 Å². The number of rotatable bonds is 7. The van der Waals surface area contributed by atoms with Crippen LogP contribution >= 0.6 is 11.3 Å². The number of fused-ring (bicyclic) bond motifs is 4. The number of thiophene rings is 1. The van der Waals surface area contributed by atoms with E-state index in [1.165, 1.54) is 81.1 Å². The number of nitrogens with zero attached hydrogens (tertiary/aromatic N) is 1. The molecule has 0 N–H and O–H groups in total. The molecule has 0 saturated carbocycles. The minimum Gasteiger partial charge on any atom is -0.309 e. The molecule has 0 aliphatic heterocycles. The van der Waals surface area contributed by atoms with E-state index in [9.17, 15) is 0 Å². The standard InChI is InChI=1S/C52H35NS/c1-3-12-36(13-4-1)37-26-30-44(31-27-37)53(50-20-11-19-49-48-18-9-10-21-51(48)54-52(49)50)45-32-28-38(29-33-45)40-22-23-42-35-43(25-24-41(42)34-40)47-17-8-7-16-46(47)39-14-5-2-6-15-39/h1-35H. The second-order valence-corrected chi connectivity index (χ2v) is 14.8. The molecule has 1 heterocycles. The Morgan fingerprint density at radius 2 is 0.796 bits per heavy atom. The first-order chi connectivity index (χ1) is 26.8. The highest BCUT2D eigenvalue weighted by Crippen LogP contribution is 2.45. The maximum atomic E-state index is 2.41. The summed E-state index contributed by atoms with van der Waals surface area (Å²) >= 11 is 1.86. The van der Waals surface area contributed by atoms with Gasteiger partial charge in [-0.05, 0) is 104 Å². The minimum atomic E-state index is 1.12. The van der Waals surface area contributed by atoms with Crippen LogP contribution in [0.4, 0.5) is 17.1 Å². The number of anilines is 3. The van der Waals surface area contributed by atoms with Crippen LogP contribution in [-0.2, 0) is 0 Å². The van der Waals surface area contributed by atoms with Crippen LogP contribution in [0.15, 0.2) is 212 Å². The van der Waals surface area contributed by atoms with Crippen LogP contribution in [-0.4, -0.2) is 0 Å². The van der Waals surface area contributed by atoms with Gasteiger partial charge in [-0.25, -0.2) is 0 Å². The summed E-state index contributed by atoms with van der Waals surface area (Å²) in [7, 11) is 0. The van der Waals surface area contributed by atoms with Crippen molar-refractivity contribution in [3.05, 3.63) is 212 Å². The molecule has 1 nitrogen and oxygen atoms in total. The fraction of sp³-hybridized carbons (Fsp3) is 0. The quantitative estimate of drug-likeness (QED) is 0.160. The Bertz CT molecular complexity index is 2910. The number of benzene rings is 9. The Hall–Kier alpha value is -6.74. The van der Waals surface area contributed by atoms with Crippen molar-refractivity contribution in [3.63, 3.8) is 0 Å². The van der Waals surface area contributed by atoms with Gasteiger partial charge >= 0.3 is 0 Å². The zero-order chi connectivity index (χ0) is 35.8. The third-order valence-electron chi connectivity index (χ3n) is 10.5. The molecule has 1 aromatic heterocycles. The van der Waals surface area contributed by atoms with Crippen molar-refractivity contribution in [2.75, 3.05) is 4.90 Å². The third-order valence-corrected chi connectivity index (χ3v) is 11.7. The average molecular weight is 706 g/mol. The molecule has 0 aliphatic rings. The molecule has 2 heteroatoms. The summed E-state index contributed by atoms with van der Waals surface area (Å²) in [4.78, 5) is 2.41. The van der Waals surface area contributed by atoms with Crippen LogP contribution in [0.3, 0.4) is 0 Å². The Morgan fingerprint density at radius 3 is 1.48 bits per heavy atom. The topological polar surface area (TPSA) is 3.24 Å². The van der Waals surface area contributed by atoms with E-state index in [0.29, 0.717) is 0 Å². The Kier molecular flexibility index (Phi) is 8.09. The van der Waals surface area contributed by atoms with E-state index in [-0.39, 0.29) is 0 Å². The Balaban J connectivity index is 1.02. The smallest absolute Gasteiger partial charge is 0.0640 e. The fourth-order valence-electron chi connectivity index (χ4n) is 7.77. The van der Waals surface area contributed by atoms with Gasteiger partial charge in [0.15, 0.2) is 0 Å². The highest BCUT2D eigenvalue weighted by molar-refractivity contribution is 7.26. The summed E-state index contributed by atoms with van der Waals surface area (Å²) in [6, 6.07) is 77.0. The normalized spacial score (nSPS) is 11.3. The van der Waals surface area contributed by atoms with E-state index in [1.807, 2.05) is 11.3 Å². The number of hydrogen-bond acceptors (Lipinski definition) is 2. The maximum absolute atomic E-state index is 2.41. The molecular formula is C52H35NS. The van der Waals surface area contributed by atoms with Gasteiger partial charge in [0.1, 0.15) is 0 Å². The average Bonchev–Trinajstić information content (AvgIpc) is 3.64. The maximum Gasteiger partial charge on any atom is 0.0640 e. The predicted octanol–water partition coefficient (Wildman–Crippen LogP) is 15.3. The van der Waals surface area contributed by atoms with Gasteiger partial charge in [0.2, 0.25) is 0 Å². The summed E-state index contributed by atoms with van der Waals surface area (Å²) in [6.07, 6.45) is 0. The molecule has 0 atom stereocenters. The molecule has 0 bridgehead atoms. The first kappa shape index (κ1) is 32.0. The highest BCUT2D eigenvalue weighted by Gasteiger charge is 2.18. The van der Waals surface area contributed by atoms with Crippen molar-refractivity contribution in [2.24, 2.45) is 0 Å². The molecule has 9 aromatic carbocycles. The molecule has 0 aliphatic carbocycles. The van der Waals surface area contributed by atoms with Crippen molar-refractivity contribution in [3.8, 4) is 44.5 Å². The molecule has 0 unspecified atom stereocenters. The first-order valence-electron chi connectivity index (χ1n) is 18.4. The first-order valence-corrected chi connectivity index (χ1v) is 19.2. The van der Waals surface area contributed by atoms with E-state index < -0.39 is 0 Å². The molecule has 0 saturated heterocycles. The zero-order valence-electron chi connectivity index (χ0n) is 29.6. The molecule has 0 spiro atoms. The molecule has 10 rings (SSSR count). The van der Waals surface area contributed by atoms with Crippen LogP contribution in [0.1, 0.15) is 0 Å². The van der Waals surface area contributed by atoms with Crippen LogP contribution in [0, 0.1) is 0 Å². The van der Waals surface area contributed by atoms with Crippen LogP contribution < -0.4 is 4.90 Å². The molecule has 10 aromatic rings. The summed E-state index contributed by atoms with van der Waals surface area (Å²) in [5.41, 5.74) is 13.2. The van der Waals surface area contributed by atoms with Gasteiger partial charge in [-0.15, -0.1) is 11.3 Å². The molecule has 0 fully saturated rings. The lowest BCUT2D eigenvalue weighted by molar-refractivity contribution is 1.30. The largest absolute Gasteiger partial charge is 0.309 e. The van der Waals surface area contributed by atoms with Gasteiger partial charge in [0, 0.05) is 26.8 Å². The molecule has 0 radical (unpaired) electrons. The van der Waals surface area contributed by atoms with Crippen molar-refractivity contribution < 1.29 is 0 Å². The van der Waals surface area contributed by atoms with Gasteiger partial charge in [0.25, 0.3) is 0 Å². The van der Waals surface area contributed by atoms with Gasteiger partial charge in [0.05, 0.1) is 10.4 Å². The lowest BCUT2D eigenvalue weighted by atomic mass is 9.92. The SMILES string of the molecule is c1ccc(-c2ccc(N(c3ccc(-c4ccc5cc(-c6ccccc6-c6ccccc6)ccc5c4)cc3)c3cccc4c3sc3ccccc34)cc2)cc1. The minimum absolute atomic E-state index is 1.12. The van der Waals surface area contributed by atoms with E-state index in [0.717, 1.165) is 11.4 Å². The second-order valence-electron chi connectivity index (χ2n) is 13.7. The van der Waals surface area contributed by atoms with Gasteiger partial charge in [-0.1, -0.05) is 164 Å². The van der Waals surface area contributed by atoms with Crippen molar-refractivity contribution in [1.82, 2.24) is 0 Å². The fourth-order valence-corrected chi connectivity index (χ4v) is 8.98. The molecule has 54 heavy (non-hydrogen) atoms. The predicted molar refractivity (Wildman–Crippen MR) is 233 cm³/mol. The van der Waals surface area contributed by atoms with Crippen molar-refractivity contribution in [1.29, 1.82) is 0 Å². The van der Waals surface area contributed by atoms with E-state index in [4.69, 9.17) is 0 Å². The lowest BCUT2D eigenvalue weighted by Crippen LogP contribution is -2.10. The summed E-state index contributed by atoms with van der Waals surface area (Å²) in [5.74, 6) is 0. The summed E-state index contributed by atoms with van der Waals surface area (Å²) in [6.45, 7) is 0. The zero-order valence-corrected chi connectivity index (χ0v) is 30.4. The van der Waals surface area contributed by atoms with Crippen molar-refractivity contribution >= 4 is 59.3 Å². The summed E-state index contributed by atoms with van der Waals surface area (Å²) in [5, 5.41) is 5.06.